The zero-order valence-corrected chi connectivity index (χ0v) is 21.7. The van der Waals surface area contributed by atoms with Gasteiger partial charge in [-0.3, -0.25) is 18.9 Å². The van der Waals surface area contributed by atoms with Gasteiger partial charge < -0.3 is 4.90 Å². The molecule has 4 heterocycles. The Bertz CT molecular complexity index is 1390. The monoisotopic (exact) mass is 504 g/mol. The number of fused-ring (bicyclic) bond motifs is 1. The highest BCUT2D eigenvalue weighted by atomic mass is 32.2. The molecular formula is C27H28N4O2S2. The molecule has 35 heavy (non-hydrogen) atoms. The van der Waals surface area contributed by atoms with E-state index in [0.717, 1.165) is 30.6 Å². The predicted molar refractivity (Wildman–Crippen MR) is 147 cm³/mol. The molecule has 5 rings (SSSR count). The lowest BCUT2D eigenvalue weighted by molar-refractivity contribution is -0.122. The van der Waals surface area contributed by atoms with Crippen molar-refractivity contribution in [3.05, 3.63) is 80.6 Å². The van der Waals surface area contributed by atoms with E-state index in [2.05, 4.69) is 18.7 Å². The van der Waals surface area contributed by atoms with Gasteiger partial charge >= 0.3 is 0 Å². The maximum absolute atomic E-state index is 13.7. The highest BCUT2D eigenvalue weighted by molar-refractivity contribution is 8.26. The summed E-state index contributed by atoms with van der Waals surface area (Å²) >= 11 is 6.79. The van der Waals surface area contributed by atoms with E-state index in [0.29, 0.717) is 44.6 Å². The highest BCUT2D eigenvalue weighted by Gasteiger charge is 2.33. The number of carbonyl (C=O) groups excluding carboxylic acids is 1. The summed E-state index contributed by atoms with van der Waals surface area (Å²) in [5.74, 6) is 1.46. The van der Waals surface area contributed by atoms with Crippen LogP contribution in [0.4, 0.5) is 5.82 Å². The number of rotatable bonds is 4. The van der Waals surface area contributed by atoms with Crippen molar-refractivity contribution >= 4 is 51.7 Å². The van der Waals surface area contributed by atoms with Gasteiger partial charge in [0.25, 0.3) is 11.5 Å². The van der Waals surface area contributed by atoms with Gasteiger partial charge in [0.05, 0.1) is 17.0 Å². The number of hydrogen-bond acceptors (Lipinski definition) is 6. The Kier molecular flexibility index (Phi) is 6.51. The molecule has 180 valence electrons. The number of aryl methyl sites for hydroxylation is 1. The number of amides is 1. The summed E-state index contributed by atoms with van der Waals surface area (Å²) in [6, 6.07) is 13.6. The summed E-state index contributed by atoms with van der Waals surface area (Å²) < 4.78 is 2.07. The van der Waals surface area contributed by atoms with Crippen LogP contribution in [0.3, 0.4) is 0 Å². The van der Waals surface area contributed by atoms with Gasteiger partial charge in [-0.2, -0.15) is 0 Å². The van der Waals surface area contributed by atoms with Crippen LogP contribution in [0.2, 0.25) is 0 Å². The molecule has 0 N–H and O–H groups in total. The number of anilines is 1. The molecule has 1 amide bonds. The van der Waals surface area contributed by atoms with Gasteiger partial charge in [-0.15, -0.1) is 0 Å². The van der Waals surface area contributed by atoms with E-state index in [-0.39, 0.29) is 11.5 Å². The predicted octanol–water partition coefficient (Wildman–Crippen LogP) is 4.89. The molecule has 0 spiro atoms. The summed E-state index contributed by atoms with van der Waals surface area (Å²) in [4.78, 5) is 36.3. The molecule has 2 aromatic heterocycles. The smallest absolute Gasteiger partial charge is 0.267 e. The highest BCUT2D eigenvalue weighted by Crippen LogP contribution is 2.35. The third-order valence-corrected chi connectivity index (χ3v) is 7.86. The molecule has 0 radical (unpaired) electrons. The van der Waals surface area contributed by atoms with Crippen LogP contribution in [0.1, 0.15) is 37.0 Å². The average Bonchev–Trinajstić information content (AvgIpc) is 3.08. The Morgan fingerprint density at radius 1 is 1.09 bits per heavy atom. The number of aromatic nitrogens is 2. The lowest BCUT2D eigenvalue weighted by atomic mass is 9.91. The number of hydrogen-bond donors (Lipinski definition) is 0. The van der Waals surface area contributed by atoms with E-state index in [1.54, 1.807) is 21.6 Å². The van der Waals surface area contributed by atoms with Crippen molar-refractivity contribution in [1.82, 2.24) is 14.3 Å². The maximum atomic E-state index is 13.7. The fraction of sp³-hybridized carbons (Fsp3) is 0.333. The topological polar surface area (TPSA) is 57.9 Å². The van der Waals surface area contributed by atoms with Crippen molar-refractivity contribution in [3.63, 3.8) is 0 Å². The summed E-state index contributed by atoms with van der Waals surface area (Å²) in [7, 11) is 0. The molecule has 8 heteroatoms. The number of thioether (sulfide) groups is 1. The van der Waals surface area contributed by atoms with Gasteiger partial charge in [0.15, 0.2) is 0 Å². The second kappa shape index (κ2) is 9.59. The quantitative estimate of drug-likeness (QED) is 0.373. The molecule has 0 saturated carbocycles. The van der Waals surface area contributed by atoms with Crippen molar-refractivity contribution in [1.29, 1.82) is 0 Å². The van der Waals surface area contributed by atoms with Crippen LogP contribution >= 0.6 is 24.0 Å². The molecular weight excluding hydrogens is 476 g/mol. The molecule has 2 fully saturated rings. The minimum Gasteiger partial charge on any atom is -0.355 e. The number of thiocarbonyl (C=S) groups is 1. The Morgan fingerprint density at radius 3 is 2.51 bits per heavy atom. The van der Waals surface area contributed by atoms with E-state index in [9.17, 15) is 9.59 Å². The summed E-state index contributed by atoms with van der Waals surface area (Å²) in [5.41, 5.74) is 2.84. The zero-order valence-electron chi connectivity index (χ0n) is 20.1. The third-order valence-electron chi connectivity index (χ3n) is 6.49. The van der Waals surface area contributed by atoms with Crippen LogP contribution in [0.25, 0.3) is 11.7 Å². The van der Waals surface area contributed by atoms with E-state index in [1.165, 1.54) is 11.8 Å². The SMILES string of the molecule is Cc1ccc2nc(N3C[C@H](C)C[C@@H](C)C3)c(/C=C3\SC(=S)N(Cc4ccccc4)C3=O)c(=O)n2c1. The van der Waals surface area contributed by atoms with Crippen LogP contribution < -0.4 is 10.5 Å². The molecule has 3 aromatic rings. The van der Waals surface area contributed by atoms with E-state index in [4.69, 9.17) is 17.2 Å². The summed E-state index contributed by atoms with van der Waals surface area (Å²) in [6.45, 7) is 8.47. The molecule has 1 aromatic carbocycles. The first-order valence-corrected chi connectivity index (χ1v) is 13.1. The van der Waals surface area contributed by atoms with E-state index in [1.807, 2.05) is 49.4 Å². The van der Waals surface area contributed by atoms with Gasteiger partial charge in [0.2, 0.25) is 0 Å². The largest absolute Gasteiger partial charge is 0.355 e. The molecule has 2 aliphatic rings. The fourth-order valence-corrected chi connectivity index (χ4v) is 6.22. The molecule has 2 aliphatic heterocycles. The number of nitrogens with zero attached hydrogens (tertiary/aromatic N) is 4. The van der Waals surface area contributed by atoms with Crippen LogP contribution in [0, 0.1) is 18.8 Å². The van der Waals surface area contributed by atoms with Crippen LogP contribution in [-0.2, 0) is 11.3 Å². The van der Waals surface area contributed by atoms with Gasteiger partial charge in [-0.1, -0.05) is 74.2 Å². The Morgan fingerprint density at radius 2 is 1.80 bits per heavy atom. The van der Waals surface area contributed by atoms with Gasteiger partial charge in [0.1, 0.15) is 15.8 Å². The van der Waals surface area contributed by atoms with Crippen molar-refractivity contribution in [2.45, 2.75) is 33.7 Å². The minimum absolute atomic E-state index is 0.173. The number of benzene rings is 1. The number of piperidine rings is 1. The van der Waals surface area contributed by atoms with Crippen LogP contribution in [0.5, 0.6) is 0 Å². The van der Waals surface area contributed by atoms with Crippen molar-refractivity contribution in [3.8, 4) is 0 Å². The maximum Gasteiger partial charge on any atom is 0.267 e. The first kappa shape index (κ1) is 23.8. The molecule has 2 saturated heterocycles. The van der Waals surface area contributed by atoms with Gasteiger partial charge in [-0.05, 0) is 48.4 Å². The summed E-state index contributed by atoms with van der Waals surface area (Å²) in [6.07, 6.45) is 4.65. The second-order valence-corrected chi connectivity index (χ2v) is 11.4. The Hall–Kier alpha value is -2.97. The van der Waals surface area contributed by atoms with E-state index >= 15 is 0 Å². The molecule has 2 atom stereocenters. The number of pyridine rings is 1. The lowest BCUT2D eigenvalue weighted by Gasteiger charge is -2.36. The van der Waals surface area contributed by atoms with Crippen LogP contribution in [-0.4, -0.2) is 37.6 Å². The van der Waals surface area contributed by atoms with Gasteiger partial charge in [0, 0.05) is 19.3 Å². The molecule has 6 nitrogen and oxygen atoms in total. The molecule has 0 bridgehead atoms. The van der Waals surface area contributed by atoms with E-state index < -0.39 is 0 Å². The lowest BCUT2D eigenvalue weighted by Crippen LogP contribution is -2.40. The number of carbonyl (C=O) groups is 1. The van der Waals surface area contributed by atoms with Crippen molar-refractivity contribution in [2.75, 3.05) is 18.0 Å². The van der Waals surface area contributed by atoms with Crippen molar-refractivity contribution in [2.24, 2.45) is 11.8 Å². The fourth-order valence-electron chi connectivity index (χ4n) is 4.98. The van der Waals surface area contributed by atoms with Gasteiger partial charge in [-0.25, -0.2) is 4.98 Å². The normalized spacial score (nSPS) is 22.0. The first-order chi connectivity index (χ1) is 16.8. The standard InChI is InChI=1S/C27H28N4O2S2/c1-17-9-10-23-28-24(29-13-18(2)11-19(3)14-29)21(25(32)30(23)15-17)12-22-26(33)31(27(34)35-22)16-20-7-5-4-6-8-20/h4-10,12,15,18-19H,11,13-14,16H2,1-3H3/b22-12-/t18-,19-/m1/s1. The van der Waals surface area contributed by atoms with Crippen LogP contribution in [0.15, 0.2) is 58.4 Å². The zero-order chi connectivity index (χ0) is 24.7. The molecule has 0 aliphatic carbocycles. The Balaban J connectivity index is 1.59. The summed E-state index contributed by atoms with van der Waals surface area (Å²) in [5, 5.41) is 0. The molecule has 0 unspecified atom stereocenters. The second-order valence-electron chi connectivity index (χ2n) is 9.69. The first-order valence-electron chi connectivity index (χ1n) is 11.9. The Labute approximate surface area is 214 Å². The minimum atomic E-state index is -0.177. The average molecular weight is 505 g/mol. The van der Waals surface area contributed by atoms with Crippen molar-refractivity contribution < 1.29 is 4.79 Å². The third kappa shape index (κ3) is 4.77.